The van der Waals surface area contributed by atoms with E-state index in [0.717, 1.165) is 9.80 Å². The molecule has 1 saturated carbocycles. The van der Waals surface area contributed by atoms with Gasteiger partial charge in [0.1, 0.15) is 11.5 Å². The van der Waals surface area contributed by atoms with Crippen molar-refractivity contribution in [3.63, 3.8) is 0 Å². The Morgan fingerprint density at radius 1 is 1.00 bits per heavy atom. The third kappa shape index (κ3) is 3.61. The molecule has 43 heavy (non-hydrogen) atoms. The van der Waals surface area contributed by atoms with E-state index in [2.05, 4.69) is 0 Å². The van der Waals surface area contributed by atoms with Crippen molar-refractivity contribution in [1.82, 2.24) is 4.90 Å². The zero-order valence-corrected chi connectivity index (χ0v) is 24.7. The van der Waals surface area contributed by atoms with Gasteiger partial charge in [0.15, 0.2) is 15.5 Å². The molecule has 1 N–H and O–H groups in total. The smallest absolute Gasteiger partial charge is 0.253 e. The van der Waals surface area contributed by atoms with Crippen LogP contribution in [0.15, 0.2) is 65.9 Å². The summed E-state index contributed by atoms with van der Waals surface area (Å²) in [6.45, 7) is 1.43. The summed E-state index contributed by atoms with van der Waals surface area (Å²) in [5, 5.41) is 10.1. The molecule has 2 saturated heterocycles. The SMILES string of the molecule is CC(=O)c1ccc(N2C(=O)[C@H]3[C@H](CC=C4[C@H](C5=COc6ccc(O)cc6C5)[C@]5(Cl)C(=O)N(C)C(=O)[C@]5(Cl)C[C@H]43)C2=O)cc1. The number of Topliss-reactive ketones (excluding diaryl/α,β-unsaturated/α-hetero) is 1. The molecule has 0 unspecified atom stereocenters. The lowest BCUT2D eigenvalue weighted by atomic mass is 9.56. The first-order valence-electron chi connectivity index (χ1n) is 13.9. The van der Waals surface area contributed by atoms with E-state index < -0.39 is 51.1 Å². The largest absolute Gasteiger partial charge is 0.508 e. The van der Waals surface area contributed by atoms with E-state index >= 15 is 0 Å². The third-order valence-electron chi connectivity index (χ3n) is 9.69. The maximum atomic E-state index is 14.1. The maximum Gasteiger partial charge on any atom is 0.253 e. The number of hydrogen-bond acceptors (Lipinski definition) is 7. The van der Waals surface area contributed by atoms with Gasteiger partial charge in [-0.15, -0.1) is 23.2 Å². The number of amides is 4. The highest BCUT2D eigenvalue weighted by Crippen LogP contribution is 2.64. The first kappa shape index (κ1) is 27.9. The van der Waals surface area contributed by atoms with Crippen molar-refractivity contribution < 1.29 is 33.8 Å². The van der Waals surface area contributed by atoms with Gasteiger partial charge < -0.3 is 9.84 Å². The van der Waals surface area contributed by atoms with Crippen LogP contribution in [0, 0.1) is 23.7 Å². The predicted octanol–water partition coefficient (Wildman–Crippen LogP) is 4.14. The average Bonchev–Trinajstić information content (AvgIpc) is 3.31. The van der Waals surface area contributed by atoms with Crippen molar-refractivity contribution in [3.8, 4) is 11.5 Å². The molecule has 3 fully saturated rings. The number of halogens is 2. The number of imide groups is 2. The number of nitrogens with zero attached hydrogens (tertiary/aromatic N) is 2. The number of phenols is 1. The molecule has 0 spiro atoms. The monoisotopic (exact) mass is 620 g/mol. The normalized spacial score (nSPS) is 32.8. The van der Waals surface area contributed by atoms with Gasteiger partial charge in [-0.25, -0.2) is 0 Å². The number of anilines is 1. The summed E-state index contributed by atoms with van der Waals surface area (Å²) in [6.07, 6.45) is 3.73. The Bertz CT molecular complexity index is 1730. The number of hydrogen-bond donors (Lipinski definition) is 1. The van der Waals surface area contributed by atoms with E-state index in [1.54, 1.807) is 36.4 Å². The number of benzene rings is 2. The van der Waals surface area contributed by atoms with E-state index in [4.69, 9.17) is 27.9 Å². The number of carbonyl (C=O) groups excluding carboxylic acids is 5. The van der Waals surface area contributed by atoms with Crippen molar-refractivity contribution >= 4 is 58.3 Å². The van der Waals surface area contributed by atoms with Gasteiger partial charge in [-0.05, 0) is 73.7 Å². The van der Waals surface area contributed by atoms with Gasteiger partial charge in [0, 0.05) is 30.5 Å². The molecule has 0 aromatic heterocycles. The molecular formula is C32H26Cl2N2O7. The molecule has 0 bridgehead atoms. The fraction of sp³-hybridized carbons (Fsp3) is 0.344. The van der Waals surface area contributed by atoms with Crippen LogP contribution in [0.2, 0.25) is 0 Å². The maximum absolute atomic E-state index is 14.1. The van der Waals surface area contributed by atoms with E-state index in [9.17, 15) is 29.1 Å². The Labute approximate surface area is 256 Å². The van der Waals surface area contributed by atoms with Gasteiger partial charge in [-0.1, -0.05) is 11.6 Å². The standard InChI is InChI=1S/C32H26Cl2N2O7/c1-15(37)16-3-5-19(6-4-16)36-27(39)22-9-8-21-23(25(22)28(36)40)13-31(33)29(41)35(2)30(42)32(31,34)26(21)18-11-17-12-20(38)7-10-24(17)43-14-18/h3-8,10,12,14,22-23,25-26,38H,9,11,13H2,1-2H3/t22-,23+,25-,26-,31+,32-/m0/s1. The van der Waals surface area contributed by atoms with Crippen LogP contribution in [0.3, 0.4) is 0 Å². The summed E-state index contributed by atoms with van der Waals surface area (Å²) in [6, 6.07) is 11.0. The lowest BCUT2D eigenvalue weighted by Crippen LogP contribution is -2.61. The highest BCUT2D eigenvalue weighted by atomic mass is 35.5. The van der Waals surface area contributed by atoms with Crippen LogP contribution in [0.25, 0.3) is 0 Å². The minimum Gasteiger partial charge on any atom is -0.508 e. The lowest BCUT2D eigenvalue weighted by molar-refractivity contribution is -0.138. The highest BCUT2D eigenvalue weighted by Gasteiger charge is 2.76. The van der Waals surface area contributed by atoms with Crippen molar-refractivity contribution in [2.75, 3.05) is 11.9 Å². The Balaban J connectivity index is 1.33. The second-order valence-corrected chi connectivity index (χ2v) is 13.1. The average molecular weight is 621 g/mol. The van der Waals surface area contributed by atoms with Crippen LogP contribution in [0.1, 0.15) is 35.7 Å². The Hall–Kier alpha value is -3.95. The number of aromatic hydroxyl groups is 1. The molecule has 7 rings (SSSR count). The second kappa shape index (κ2) is 9.27. The fourth-order valence-corrected chi connectivity index (χ4v) is 8.69. The molecule has 2 aromatic rings. The first-order valence-corrected chi connectivity index (χ1v) is 14.7. The van der Waals surface area contributed by atoms with Crippen LogP contribution in [-0.4, -0.2) is 56.2 Å². The number of allylic oxidation sites excluding steroid dienone is 3. The second-order valence-electron chi connectivity index (χ2n) is 11.9. The van der Waals surface area contributed by atoms with Gasteiger partial charge in [-0.3, -0.25) is 33.8 Å². The van der Waals surface area contributed by atoms with Gasteiger partial charge in [0.05, 0.1) is 23.8 Å². The Kier molecular flexibility index (Phi) is 6.01. The number of alkyl halides is 2. The zero-order valence-electron chi connectivity index (χ0n) is 23.2. The van der Waals surface area contributed by atoms with E-state index in [1.807, 2.05) is 6.08 Å². The van der Waals surface area contributed by atoms with Crippen LogP contribution in [0.5, 0.6) is 11.5 Å². The summed E-state index contributed by atoms with van der Waals surface area (Å²) < 4.78 is 5.90. The van der Waals surface area contributed by atoms with Gasteiger partial charge in [0.2, 0.25) is 11.8 Å². The number of ether oxygens (including phenoxy) is 1. The summed E-state index contributed by atoms with van der Waals surface area (Å²) in [7, 11) is 1.34. The minimum atomic E-state index is -1.91. The predicted molar refractivity (Wildman–Crippen MR) is 156 cm³/mol. The Morgan fingerprint density at radius 3 is 2.42 bits per heavy atom. The fourth-order valence-electron chi connectivity index (χ4n) is 7.65. The van der Waals surface area contributed by atoms with Crippen molar-refractivity contribution in [2.45, 2.75) is 35.9 Å². The van der Waals surface area contributed by atoms with Crippen LogP contribution in [-0.2, 0) is 25.6 Å². The van der Waals surface area contributed by atoms with Crippen molar-refractivity contribution in [1.29, 1.82) is 0 Å². The molecule has 6 atom stereocenters. The molecule has 3 heterocycles. The summed E-state index contributed by atoms with van der Waals surface area (Å²) >= 11 is 14.5. The van der Waals surface area contributed by atoms with Crippen molar-refractivity contribution in [2.24, 2.45) is 23.7 Å². The first-order chi connectivity index (χ1) is 20.4. The third-order valence-corrected chi connectivity index (χ3v) is 11.1. The van der Waals surface area contributed by atoms with Crippen molar-refractivity contribution in [3.05, 3.63) is 77.1 Å². The molecular weight excluding hydrogens is 595 g/mol. The topological polar surface area (TPSA) is 121 Å². The number of likely N-dealkylation sites (tertiary alicyclic amines) is 1. The number of ketones is 1. The quantitative estimate of drug-likeness (QED) is 0.237. The molecule has 11 heteroatoms. The highest BCUT2D eigenvalue weighted by molar-refractivity contribution is 6.53. The number of rotatable bonds is 3. The Morgan fingerprint density at radius 2 is 1.72 bits per heavy atom. The number of fused-ring (bicyclic) bond motifs is 5. The van der Waals surface area contributed by atoms with Crippen LogP contribution in [0.4, 0.5) is 5.69 Å². The van der Waals surface area contributed by atoms with Gasteiger partial charge >= 0.3 is 0 Å². The molecule has 0 radical (unpaired) electrons. The zero-order chi connectivity index (χ0) is 30.6. The molecule has 220 valence electrons. The summed E-state index contributed by atoms with van der Waals surface area (Å²) in [5.74, 6) is -4.82. The number of carbonyl (C=O) groups is 5. The molecule has 4 amide bonds. The van der Waals surface area contributed by atoms with Crippen LogP contribution < -0.4 is 9.64 Å². The van der Waals surface area contributed by atoms with Crippen LogP contribution >= 0.6 is 23.2 Å². The molecule has 3 aliphatic heterocycles. The van der Waals surface area contributed by atoms with Gasteiger partial charge in [-0.2, -0.15) is 0 Å². The molecule has 5 aliphatic rings. The van der Waals surface area contributed by atoms with E-state index in [-0.39, 0.29) is 36.7 Å². The van der Waals surface area contributed by atoms with E-state index in [1.165, 1.54) is 26.3 Å². The summed E-state index contributed by atoms with van der Waals surface area (Å²) in [4.78, 5) is 65.2. The van der Waals surface area contributed by atoms with Gasteiger partial charge in [0.25, 0.3) is 11.8 Å². The molecule has 2 aromatic carbocycles. The lowest BCUT2D eigenvalue weighted by Gasteiger charge is -2.51. The minimum absolute atomic E-state index is 0.0375. The summed E-state index contributed by atoms with van der Waals surface area (Å²) in [5.41, 5.74) is 2.69. The molecule has 2 aliphatic carbocycles. The van der Waals surface area contributed by atoms with E-state index in [0.29, 0.717) is 33.7 Å². The molecule has 9 nitrogen and oxygen atoms in total. The number of phenolic OH excluding ortho intramolecular Hbond substituents is 1.